The number of anilines is 1. The number of hydrogen-bond acceptors (Lipinski definition) is 5. The first-order valence-corrected chi connectivity index (χ1v) is 5.25. The Morgan fingerprint density at radius 1 is 1.28 bits per heavy atom. The van der Waals surface area contributed by atoms with Crippen LogP contribution in [0.2, 0.25) is 0 Å². The van der Waals surface area contributed by atoms with Crippen LogP contribution in [0.15, 0.2) is 42.7 Å². The summed E-state index contributed by atoms with van der Waals surface area (Å²) in [6.45, 7) is 0. The number of pyridine rings is 1. The van der Waals surface area contributed by atoms with E-state index < -0.39 is 4.92 Å². The van der Waals surface area contributed by atoms with Gasteiger partial charge in [-0.05, 0) is 24.3 Å². The van der Waals surface area contributed by atoms with E-state index in [4.69, 9.17) is 4.74 Å². The molecule has 0 saturated carbocycles. The molecule has 0 radical (unpaired) electrons. The quantitative estimate of drug-likeness (QED) is 0.662. The van der Waals surface area contributed by atoms with Crippen molar-refractivity contribution in [2.45, 2.75) is 0 Å². The van der Waals surface area contributed by atoms with Crippen LogP contribution < -0.4 is 10.1 Å². The van der Waals surface area contributed by atoms with Crippen molar-refractivity contribution in [2.75, 3.05) is 12.4 Å². The minimum atomic E-state index is -0.524. The molecule has 0 unspecified atom stereocenters. The summed E-state index contributed by atoms with van der Waals surface area (Å²) in [7, 11) is 1.81. The van der Waals surface area contributed by atoms with Crippen molar-refractivity contribution < 1.29 is 9.66 Å². The van der Waals surface area contributed by atoms with Crippen molar-refractivity contribution in [3.05, 3.63) is 52.8 Å². The lowest BCUT2D eigenvalue weighted by molar-refractivity contribution is -0.386. The molecule has 0 saturated heterocycles. The molecule has 0 amide bonds. The van der Waals surface area contributed by atoms with Crippen LogP contribution in [0.3, 0.4) is 0 Å². The van der Waals surface area contributed by atoms with Gasteiger partial charge in [0.05, 0.1) is 4.92 Å². The molecule has 92 valence electrons. The summed E-state index contributed by atoms with van der Waals surface area (Å²) in [4.78, 5) is 14.0. The van der Waals surface area contributed by atoms with Gasteiger partial charge in [0.1, 0.15) is 11.9 Å². The topological polar surface area (TPSA) is 77.3 Å². The molecule has 0 atom stereocenters. The number of nitrogens with zero attached hydrogens (tertiary/aromatic N) is 2. The van der Waals surface area contributed by atoms with Gasteiger partial charge < -0.3 is 10.1 Å². The molecule has 6 nitrogen and oxygen atoms in total. The number of rotatable bonds is 4. The lowest BCUT2D eigenvalue weighted by atomic mass is 10.3. The second kappa shape index (κ2) is 5.13. The van der Waals surface area contributed by atoms with Gasteiger partial charge in [-0.3, -0.25) is 15.1 Å². The van der Waals surface area contributed by atoms with Crippen molar-refractivity contribution in [3.63, 3.8) is 0 Å². The largest absolute Gasteiger partial charge is 0.450 e. The zero-order valence-corrected chi connectivity index (χ0v) is 9.66. The van der Waals surface area contributed by atoms with Gasteiger partial charge in [0, 0.05) is 25.0 Å². The molecule has 0 bridgehead atoms. The van der Waals surface area contributed by atoms with Gasteiger partial charge in [0.25, 0.3) is 0 Å². The number of nitro groups is 1. The molecule has 0 aliphatic carbocycles. The summed E-state index contributed by atoms with van der Waals surface area (Å²) in [5.74, 6) is 0.704. The summed E-state index contributed by atoms with van der Waals surface area (Å²) < 4.78 is 5.46. The van der Waals surface area contributed by atoms with Gasteiger partial charge in [-0.1, -0.05) is 0 Å². The standard InChI is InChI=1S/C12H11N3O3/c1-13-9-2-4-10(5-3-9)18-12-6-7-14-8-11(12)15(16)17/h2-8,13H,1H3. The number of ether oxygens (including phenoxy) is 1. The Hall–Kier alpha value is -2.63. The van der Waals surface area contributed by atoms with E-state index in [0.29, 0.717) is 5.75 Å². The molecule has 0 spiro atoms. The maximum Gasteiger partial charge on any atom is 0.329 e. The van der Waals surface area contributed by atoms with E-state index in [1.807, 2.05) is 19.2 Å². The van der Waals surface area contributed by atoms with Crippen molar-refractivity contribution >= 4 is 11.4 Å². The second-order valence-corrected chi connectivity index (χ2v) is 3.48. The number of aromatic nitrogens is 1. The Balaban J connectivity index is 2.25. The van der Waals surface area contributed by atoms with E-state index in [-0.39, 0.29) is 11.4 Å². The molecule has 1 aromatic carbocycles. The summed E-state index contributed by atoms with van der Waals surface area (Å²) >= 11 is 0. The minimum absolute atomic E-state index is 0.157. The molecule has 2 rings (SSSR count). The average Bonchev–Trinajstić information content (AvgIpc) is 2.40. The van der Waals surface area contributed by atoms with E-state index in [2.05, 4.69) is 10.3 Å². The molecule has 0 fully saturated rings. The predicted octanol–water partition coefficient (Wildman–Crippen LogP) is 2.82. The summed E-state index contributed by atoms with van der Waals surface area (Å²) in [6.07, 6.45) is 2.61. The molecule has 0 aliphatic rings. The summed E-state index contributed by atoms with van der Waals surface area (Å²) in [5, 5.41) is 13.8. The first-order chi connectivity index (χ1) is 8.70. The maximum absolute atomic E-state index is 10.8. The predicted molar refractivity (Wildman–Crippen MR) is 67.0 cm³/mol. The van der Waals surface area contributed by atoms with Crippen LogP contribution >= 0.6 is 0 Å². The Bertz CT molecular complexity index is 555. The Morgan fingerprint density at radius 3 is 2.61 bits per heavy atom. The molecule has 1 N–H and O–H groups in total. The Labute approximate surface area is 103 Å². The van der Waals surface area contributed by atoms with Crippen LogP contribution in [0.1, 0.15) is 0 Å². The first-order valence-electron chi connectivity index (χ1n) is 5.25. The van der Waals surface area contributed by atoms with E-state index in [1.165, 1.54) is 12.3 Å². The minimum Gasteiger partial charge on any atom is -0.450 e. The third kappa shape index (κ3) is 2.54. The normalized spacial score (nSPS) is 9.83. The molecule has 2 aromatic rings. The average molecular weight is 245 g/mol. The van der Waals surface area contributed by atoms with Gasteiger partial charge in [0.2, 0.25) is 5.75 Å². The SMILES string of the molecule is CNc1ccc(Oc2ccncc2[N+](=O)[O-])cc1. The molecule has 1 heterocycles. The van der Waals surface area contributed by atoms with Crippen LogP contribution in [0.5, 0.6) is 11.5 Å². The Kier molecular flexibility index (Phi) is 3.38. The molecule has 0 aliphatic heterocycles. The second-order valence-electron chi connectivity index (χ2n) is 3.48. The van der Waals surface area contributed by atoms with Gasteiger partial charge in [0.15, 0.2) is 0 Å². The van der Waals surface area contributed by atoms with E-state index >= 15 is 0 Å². The molecule has 6 heteroatoms. The van der Waals surface area contributed by atoms with Gasteiger partial charge in [-0.25, -0.2) is 0 Å². The van der Waals surface area contributed by atoms with Gasteiger partial charge in [-0.15, -0.1) is 0 Å². The van der Waals surface area contributed by atoms with Crippen molar-refractivity contribution in [1.82, 2.24) is 4.98 Å². The van der Waals surface area contributed by atoms with Crippen molar-refractivity contribution in [3.8, 4) is 11.5 Å². The fourth-order valence-electron chi connectivity index (χ4n) is 1.41. The summed E-state index contributed by atoms with van der Waals surface area (Å²) in [6, 6.07) is 8.57. The van der Waals surface area contributed by atoms with E-state index in [0.717, 1.165) is 11.9 Å². The molecular weight excluding hydrogens is 234 g/mol. The van der Waals surface area contributed by atoms with Crippen LogP contribution in [-0.4, -0.2) is 17.0 Å². The summed E-state index contributed by atoms with van der Waals surface area (Å²) in [5.41, 5.74) is 0.779. The lowest BCUT2D eigenvalue weighted by Gasteiger charge is -2.06. The number of nitrogens with one attached hydrogen (secondary N) is 1. The third-order valence-electron chi connectivity index (χ3n) is 2.33. The first kappa shape index (κ1) is 11.8. The van der Waals surface area contributed by atoms with Crippen molar-refractivity contribution in [2.24, 2.45) is 0 Å². The lowest BCUT2D eigenvalue weighted by Crippen LogP contribution is -1.94. The zero-order valence-electron chi connectivity index (χ0n) is 9.66. The van der Waals surface area contributed by atoms with Crippen LogP contribution in [0.25, 0.3) is 0 Å². The zero-order chi connectivity index (χ0) is 13.0. The maximum atomic E-state index is 10.8. The fraction of sp³-hybridized carbons (Fsp3) is 0.0833. The highest BCUT2D eigenvalue weighted by Gasteiger charge is 2.15. The van der Waals surface area contributed by atoms with Crippen LogP contribution in [-0.2, 0) is 0 Å². The molecule has 1 aromatic heterocycles. The van der Waals surface area contributed by atoms with Gasteiger partial charge in [-0.2, -0.15) is 0 Å². The monoisotopic (exact) mass is 245 g/mol. The number of hydrogen-bond donors (Lipinski definition) is 1. The third-order valence-corrected chi connectivity index (χ3v) is 2.33. The number of benzene rings is 1. The van der Waals surface area contributed by atoms with E-state index in [1.54, 1.807) is 12.1 Å². The smallest absolute Gasteiger partial charge is 0.329 e. The fourth-order valence-corrected chi connectivity index (χ4v) is 1.41. The van der Waals surface area contributed by atoms with E-state index in [9.17, 15) is 10.1 Å². The van der Waals surface area contributed by atoms with Crippen LogP contribution in [0, 0.1) is 10.1 Å². The van der Waals surface area contributed by atoms with Gasteiger partial charge >= 0.3 is 5.69 Å². The highest BCUT2D eigenvalue weighted by Crippen LogP contribution is 2.30. The van der Waals surface area contributed by atoms with Crippen molar-refractivity contribution in [1.29, 1.82) is 0 Å². The molecular formula is C12H11N3O3. The van der Waals surface area contributed by atoms with Crippen LogP contribution in [0.4, 0.5) is 11.4 Å². The molecule has 18 heavy (non-hydrogen) atoms. The highest BCUT2D eigenvalue weighted by atomic mass is 16.6. The highest BCUT2D eigenvalue weighted by molar-refractivity contribution is 5.49. The Morgan fingerprint density at radius 2 is 2.00 bits per heavy atom.